The fourth-order valence-corrected chi connectivity index (χ4v) is 2.18. The molecule has 104 valence electrons. The van der Waals surface area contributed by atoms with E-state index >= 15 is 0 Å². The zero-order chi connectivity index (χ0) is 13.8. The van der Waals surface area contributed by atoms with E-state index in [1.54, 1.807) is 6.07 Å². The molecule has 5 nitrogen and oxygen atoms in total. The molecule has 0 spiro atoms. The Morgan fingerprint density at radius 1 is 1.53 bits per heavy atom. The number of rotatable bonds is 3. The molecule has 1 aliphatic rings. The number of nitrogens with one attached hydrogen (secondary N) is 1. The van der Waals surface area contributed by atoms with Gasteiger partial charge in [0.1, 0.15) is 0 Å². The van der Waals surface area contributed by atoms with Crippen LogP contribution in [0.4, 0.5) is 4.39 Å². The van der Waals surface area contributed by atoms with Crippen LogP contribution >= 0.6 is 0 Å². The molecule has 1 aromatic heterocycles. The summed E-state index contributed by atoms with van der Waals surface area (Å²) >= 11 is 0. The van der Waals surface area contributed by atoms with Crippen molar-refractivity contribution < 1.29 is 9.18 Å². The van der Waals surface area contributed by atoms with Gasteiger partial charge in [0.25, 0.3) is 5.91 Å². The Balaban J connectivity index is 1.91. The van der Waals surface area contributed by atoms with Gasteiger partial charge < -0.3 is 10.2 Å². The third kappa shape index (κ3) is 3.48. The Morgan fingerprint density at radius 2 is 2.32 bits per heavy atom. The predicted molar refractivity (Wildman–Crippen MR) is 70.4 cm³/mol. The summed E-state index contributed by atoms with van der Waals surface area (Å²) in [6.07, 6.45) is 1.33. The molecule has 1 saturated heterocycles. The summed E-state index contributed by atoms with van der Waals surface area (Å²) in [6.45, 7) is 3.40. The molecule has 0 bridgehead atoms. The van der Waals surface area contributed by atoms with Crippen molar-refractivity contribution in [3.8, 4) is 0 Å². The second-order valence-electron chi connectivity index (χ2n) is 4.95. The molecule has 1 N–H and O–H groups in total. The van der Waals surface area contributed by atoms with E-state index in [-0.39, 0.29) is 11.6 Å². The number of halogens is 1. The van der Waals surface area contributed by atoms with E-state index in [9.17, 15) is 9.18 Å². The molecule has 1 unspecified atom stereocenters. The maximum atomic E-state index is 13.4. The van der Waals surface area contributed by atoms with E-state index in [4.69, 9.17) is 0 Å². The van der Waals surface area contributed by atoms with Gasteiger partial charge in [-0.05, 0) is 26.2 Å². The van der Waals surface area contributed by atoms with Crippen molar-refractivity contribution in [3.63, 3.8) is 0 Å². The molecule has 0 aliphatic carbocycles. The first-order valence-electron chi connectivity index (χ1n) is 6.35. The maximum Gasteiger partial charge on any atom is 0.255 e. The lowest BCUT2D eigenvalue weighted by Gasteiger charge is -2.37. The highest BCUT2D eigenvalue weighted by Gasteiger charge is 2.23. The van der Waals surface area contributed by atoms with E-state index < -0.39 is 11.9 Å². The van der Waals surface area contributed by atoms with Crippen LogP contribution < -0.4 is 5.32 Å². The summed E-state index contributed by atoms with van der Waals surface area (Å²) < 4.78 is 13.4. The van der Waals surface area contributed by atoms with Crippen molar-refractivity contribution >= 4 is 5.91 Å². The van der Waals surface area contributed by atoms with Gasteiger partial charge in [0.05, 0.1) is 5.56 Å². The highest BCUT2D eigenvalue weighted by atomic mass is 19.1. The standard InChI is InChI=1S/C13H19FN4O/c1-17-6-7-18(2)10(9-17)8-16-13(19)11-4-3-5-15-12(11)14/h3-5,10H,6-9H2,1-2H3,(H,16,19). The second kappa shape index (κ2) is 6.08. The Bertz CT molecular complexity index is 454. The highest BCUT2D eigenvalue weighted by molar-refractivity contribution is 5.94. The number of amides is 1. The molecule has 1 amide bonds. The average Bonchev–Trinajstić information content (AvgIpc) is 2.40. The van der Waals surface area contributed by atoms with Crippen LogP contribution in [0.25, 0.3) is 0 Å². The number of hydrogen-bond donors (Lipinski definition) is 1. The smallest absolute Gasteiger partial charge is 0.255 e. The Morgan fingerprint density at radius 3 is 3.05 bits per heavy atom. The number of piperazine rings is 1. The first kappa shape index (κ1) is 13.9. The number of hydrogen-bond acceptors (Lipinski definition) is 4. The van der Waals surface area contributed by atoms with Gasteiger partial charge in [-0.25, -0.2) is 4.98 Å². The van der Waals surface area contributed by atoms with E-state index in [2.05, 4.69) is 27.1 Å². The van der Waals surface area contributed by atoms with E-state index in [0.29, 0.717) is 6.54 Å². The molecular weight excluding hydrogens is 247 g/mol. The normalized spacial score (nSPS) is 21.3. The zero-order valence-corrected chi connectivity index (χ0v) is 11.3. The Hall–Kier alpha value is -1.53. The summed E-state index contributed by atoms with van der Waals surface area (Å²) in [5.74, 6) is -1.14. The van der Waals surface area contributed by atoms with E-state index in [1.807, 2.05) is 7.05 Å². The lowest BCUT2D eigenvalue weighted by atomic mass is 10.2. The van der Waals surface area contributed by atoms with Crippen molar-refractivity contribution in [3.05, 3.63) is 29.8 Å². The summed E-state index contributed by atoms with van der Waals surface area (Å²) in [7, 11) is 4.09. The molecule has 2 heterocycles. The van der Waals surface area contributed by atoms with Gasteiger partial charge in [0.15, 0.2) is 0 Å². The van der Waals surface area contributed by atoms with Crippen LogP contribution in [0.3, 0.4) is 0 Å². The van der Waals surface area contributed by atoms with Crippen LogP contribution in [-0.2, 0) is 0 Å². The minimum Gasteiger partial charge on any atom is -0.350 e. The van der Waals surface area contributed by atoms with Gasteiger partial charge in [0.2, 0.25) is 5.95 Å². The lowest BCUT2D eigenvalue weighted by Crippen LogP contribution is -2.54. The van der Waals surface area contributed by atoms with Gasteiger partial charge in [-0.2, -0.15) is 4.39 Å². The van der Waals surface area contributed by atoms with Crippen molar-refractivity contribution in [2.45, 2.75) is 6.04 Å². The zero-order valence-electron chi connectivity index (χ0n) is 11.3. The molecule has 1 fully saturated rings. The predicted octanol–water partition coefficient (Wildman–Crippen LogP) is 0.196. The Labute approximate surface area is 112 Å². The largest absolute Gasteiger partial charge is 0.350 e. The van der Waals surface area contributed by atoms with E-state index in [1.165, 1.54) is 12.3 Å². The van der Waals surface area contributed by atoms with E-state index in [0.717, 1.165) is 19.6 Å². The van der Waals surface area contributed by atoms with Crippen LogP contribution in [0.1, 0.15) is 10.4 Å². The number of carbonyl (C=O) groups is 1. The number of likely N-dealkylation sites (N-methyl/N-ethyl adjacent to an activating group) is 2. The molecule has 0 radical (unpaired) electrons. The fraction of sp³-hybridized carbons (Fsp3) is 0.538. The first-order valence-corrected chi connectivity index (χ1v) is 6.35. The first-order chi connectivity index (χ1) is 9.08. The second-order valence-corrected chi connectivity index (χ2v) is 4.95. The minimum absolute atomic E-state index is 0.00526. The lowest BCUT2D eigenvalue weighted by molar-refractivity contribution is 0.0877. The molecule has 1 aromatic rings. The molecular formula is C13H19FN4O. The van der Waals surface area contributed by atoms with Gasteiger partial charge in [-0.3, -0.25) is 9.69 Å². The molecule has 0 aromatic carbocycles. The number of aromatic nitrogens is 1. The summed E-state index contributed by atoms with van der Waals surface area (Å²) in [5, 5.41) is 2.77. The van der Waals surface area contributed by atoms with Crippen LogP contribution in [0, 0.1) is 5.95 Å². The summed E-state index contributed by atoms with van der Waals surface area (Å²) in [6, 6.07) is 3.25. The molecule has 6 heteroatoms. The fourth-order valence-electron chi connectivity index (χ4n) is 2.18. The highest BCUT2D eigenvalue weighted by Crippen LogP contribution is 2.06. The number of pyridine rings is 1. The van der Waals surface area contributed by atoms with Crippen molar-refractivity contribution in [1.29, 1.82) is 0 Å². The number of nitrogens with zero attached hydrogens (tertiary/aromatic N) is 3. The monoisotopic (exact) mass is 266 g/mol. The third-order valence-electron chi connectivity index (χ3n) is 3.48. The SMILES string of the molecule is CN1CCN(C)C(CNC(=O)c2cccnc2F)C1. The van der Waals surface area contributed by atoms with Crippen LogP contribution in [0.5, 0.6) is 0 Å². The minimum atomic E-state index is -0.728. The third-order valence-corrected chi connectivity index (χ3v) is 3.48. The topological polar surface area (TPSA) is 48.5 Å². The van der Waals surface area contributed by atoms with Crippen LogP contribution in [0.2, 0.25) is 0 Å². The van der Waals surface area contributed by atoms with Crippen molar-refractivity contribution in [2.24, 2.45) is 0 Å². The number of carbonyl (C=O) groups excluding carboxylic acids is 1. The van der Waals surface area contributed by atoms with Crippen molar-refractivity contribution in [2.75, 3.05) is 40.3 Å². The molecule has 1 atom stereocenters. The quantitative estimate of drug-likeness (QED) is 0.794. The average molecular weight is 266 g/mol. The van der Waals surface area contributed by atoms with Crippen molar-refractivity contribution in [1.82, 2.24) is 20.1 Å². The van der Waals surface area contributed by atoms with Gasteiger partial charge >= 0.3 is 0 Å². The molecule has 2 rings (SSSR count). The Kier molecular flexibility index (Phi) is 4.44. The van der Waals surface area contributed by atoms with Gasteiger partial charge in [-0.15, -0.1) is 0 Å². The molecule has 1 aliphatic heterocycles. The van der Waals surface area contributed by atoms with Gasteiger partial charge in [-0.1, -0.05) is 0 Å². The maximum absolute atomic E-state index is 13.4. The summed E-state index contributed by atoms with van der Waals surface area (Å²) in [5.41, 5.74) is -0.00526. The molecule has 0 saturated carbocycles. The van der Waals surface area contributed by atoms with Crippen LogP contribution in [-0.4, -0.2) is 67.0 Å². The van der Waals surface area contributed by atoms with Crippen LogP contribution in [0.15, 0.2) is 18.3 Å². The molecule has 19 heavy (non-hydrogen) atoms. The van der Waals surface area contributed by atoms with Gasteiger partial charge in [0, 0.05) is 38.4 Å². The summed E-state index contributed by atoms with van der Waals surface area (Å²) in [4.78, 5) is 19.8.